The van der Waals surface area contributed by atoms with Crippen molar-refractivity contribution in [2.24, 2.45) is 7.05 Å². The first kappa shape index (κ1) is 12.3. The molecule has 3 rings (SSSR count). The van der Waals surface area contributed by atoms with E-state index in [2.05, 4.69) is 20.6 Å². The van der Waals surface area contributed by atoms with E-state index in [0.29, 0.717) is 11.7 Å². The molecule has 2 aromatic heterocycles. The summed E-state index contributed by atoms with van der Waals surface area (Å²) in [6, 6.07) is 0. The van der Waals surface area contributed by atoms with Gasteiger partial charge in [0.2, 0.25) is 11.7 Å². The van der Waals surface area contributed by atoms with Crippen molar-refractivity contribution in [3.05, 3.63) is 17.3 Å². The van der Waals surface area contributed by atoms with E-state index in [4.69, 9.17) is 4.52 Å². The van der Waals surface area contributed by atoms with Crippen molar-refractivity contribution in [1.29, 1.82) is 0 Å². The maximum atomic E-state index is 5.44. The zero-order chi connectivity index (χ0) is 13.4. The largest absolute Gasteiger partial charge is 0.339 e. The fourth-order valence-corrected chi connectivity index (χ4v) is 2.66. The minimum absolute atomic E-state index is 0.340. The SMILES string of the molecule is Cc1nn(C)c(C)c1-c1noc(C2CCCNC2)n1. The molecule has 1 N–H and O–H groups in total. The molecule has 102 valence electrons. The predicted molar refractivity (Wildman–Crippen MR) is 70.8 cm³/mol. The summed E-state index contributed by atoms with van der Waals surface area (Å²) in [5.74, 6) is 1.74. The van der Waals surface area contributed by atoms with Crippen LogP contribution in [0.15, 0.2) is 4.52 Å². The van der Waals surface area contributed by atoms with Gasteiger partial charge in [-0.05, 0) is 33.2 Å². The van der Waals surface area contributed by atoms with Crippen molar-refractivity contribution in [2.75, 3.05) is 13.1 Å². The topological polar surface area (TPSA) is 68.8 Å². The summed E-state index contributed by atoms with van der Waals surface area (Å²) in [6.07, 6.45) is 2.27. The Morgan fingerprint density at radius 2 is 2.21 bits per heavy atom. The number of aromatic nitrogens is 4. The van der Waals surface area contributed by atoms with Crippen LogP contribution in [0.2, 0.25) is 0 Å². The molecule has 0 radical (unpaired) electrons. The van der Waals surface area contributed by atoms with E-state index >= 15 is 0 Å². The number of rotatable bonds is 2. The summed E-state index contributed by atoms with van der Waals surface area (Å²) in [5.41, 5.74) is 2.99. The molecule has 3 heterocycles. The van der Waals surface area contributed by atoms with Gasteiger partial charge in [-0.15, -0.1) is 0 Å². The maximum absolute atomic E-state index is 5.44. The highest BCUT2D eigenvalue weighted by molar-refractivity contribution is 5.60. The molecule has 0 bridgehead atoms. The average Bonchev–Trinajstić information content (AvgIpc) is 2.97. The molecule has 0 amide bonds. The van der Waals surface area contributed by atoms with E-state index in [0.717, 1.165) is 48.8 Å². The summed E-state index contributed by atoms with van der Waals surface area (Å²) in [4.78, 5) is 4.57. The molecule has 0 aromatic carbocycles. The lowest BCUT2D eigenvalue weighted by Crippen LogP contribution is -2.28. The minimum atomic E-state index is 0.340. The number of aryl methyl sites for hydroxylation is 2. The van der Waals surface area contributed by atoms with Crippen molar-refractivity contribution < 1.29 is 4.52 Å². The monoisotopic (exact) mass is 261 g/mol. The van der Waals surface area contributed by atoms with E-state index in [-0.39, 0.29) is 0 Å². The Hall–Kier alpha value is -1.69. The molecule has 2 aromatic rings. The van der Waals surface area contributed by atoms with Crippen molar-refractivity contribution >= 4 is 0 Å². The quantitative estimate of drug-likeness (QED) is 0.888. The second-order valence-electron chi connectivity index (χ2n) is 5.17. The number of hydrogen-bond acceptors (Lipinski definition) is 5. The summed E-state index contributed by atoms with van der Waals surface area (Å²) >= 11 is 0. The highest BCUT2D eigenvalue weighted by Crippen LogP contribution is 2.27. The van der Waals surface area contributed by atoms with Gasteiger partial charge in [0.1, 0.15) is 0 Å². The third kappa shape index (κ3) is 2.16. The average molecular weight is 261 g/mol. The molecule has 1 unspecified atom stereocenters. The van der Waals surface area contributed by atoms with Gasteiger partial charge in [0.15, 0.2) is 0 Å². The Morgan fingerprint density at radius 3 is 2.84 bits per heavy atom. The van der Waals surface area contributed by atoms with Gasteiger partial charge in [-0.3, -0.25) is 4.68 Å². The molecular weight excluding hydrogens is 242 g/mol. The normalized spacial score (nSPS) is 19.8. The maximum Gasteiger partial charge on any atom is 0.231 e. The first-order valence-corrected chi connectivity index (χ1v) is 6.71. The van der Waals surface area contributed by atoms with Crippen LogP contribution >= 0.6 is 0 Å². The van der Waals surface area contributed by atoms with Crippen molar-refractivity contribution in [2.45, 2.75) is 32.6 Å². The van der Waals surface area contributed by atoms with Crippen LogP contribution in [0.3, 0.4) is 0 Å². The molecule has 6 heteroatoms. The van der Waals surface area contributed by atoms with Crippen LogP contribution < -0.4 is 5.32 Å². The van der Waals surface area contributed by atoms with Crippen LogP contribution in [0.25, 0.3) is 11.4 Å². The van der Waals surface area contributed by atoms with Crippen LogP contribution in [0.1, 0.15) is 36.0 Å². The van der Waals surface area contributed by atoms with E-state index in [1.807, 2.05) is 25.6 Å². The third-order valence-electron chi connectivity index (χ3n) is 3.82. The number of nitrogens with one attached hydrogen (secondary N) is 1. The minimum Gasteiger partial charge on any atom is -0.339 e. The molecule has 0 aliphatic carbocycles. The molecular formula is C13H19N5O. The summed E-state index contributed by atoms with van der Waals surface area (Å²) < 4.78 is 7.29. The molecule has 19 heavy (non-hydrogen) atoms. The fourth-order valence-electron chi connectivity index (χ4n) is 2.66. The lowest BCUT2D eigenvalue weighted by Gasteiger charge is -2.18. The molecule has 0 spiro atoms. The fraction of sp³-hybridized carbons (Fsp3) is 0.615. The van der Waals surface area contributed by atoms with Crippen LogP contribution in [0, 0.1) is 13.8 Å². The van der Waals surface area contributed by atoms with Crippen LogP contribution in [-0.2, 0) is 7.05 Å². The second-order valence-corrected chi connectivity index (χ2v) is 5.17. The lowest BCUT2D eigenvalue weighted by molar-refractivity contribution is 0.322. The standard InChI is InChI=1S/C13H19N5O/c1-8-11(9(2)18(3)16-8)12-15-13(19-17-12)10-5-4-6-14-7-10/h10,14H,4-7H2,1-3H3. The van der Waals surface area contributed by atoms with Gasteiger partial charge < -0.3 is 9.84 Å². The highest BCUT2D eigenvalue weighted by atomic mass is 16.5. The van der Waals surface area contributed by atoms with E-state index < -0.39 is 0 Å². The van der Waals surface area contributed by atoms with Gasteiger partial charge in [-0.2, -0.15) is 10.1 Å². The van der Waals surface area contributed by atoms with Gasteiger partial charge in [0.05, 0.1) is 17.2 Å². The Morgan fingerprint density at radius 1 is 1.37 bits per heavy atom. The first-order chi connectivity index (χ1) is 9.16. The molecule has 0 saturated carbocycles. The van der Waals surface area contributed by atoms with E-state index in [1.54, 1.807) is 0 Å². The van der Waals surface area contributed by atoms with Gasteiger partial charge >= 0.3 is 0 Å². The van der Waals surface area contributed by atoms with Crippen LogP contribution in [-0.4, -0.2) is 33.0 Å². The molecule has 6 nitrogen and oxygen atoms in total. The second kappa shape index (κ2) is 4.77. The van der Waals surface area contributed by atoms with Crippen molar-refractivity contribution in [3.8, 4) is 11.4 Å². The van der Waals surface area contributed by atoms with Gasteiger partial charge in [0.25, 0.3) is 0 Å². The van der Waals surface area contributed by atoms with Crippen molar-refractivity contribution in [1.82, 2.24) is 25.2 Å². The Labute approximate surface area is 112 Å². The summed E-state index contributed by atoms with van der Waals surface area (Å²) in [6.45, 7) is 6.00. The number of hydrogen-bond donors (Lipinski definition) is 1. The Balaban J connectivity index is 1.92. The number of nitrogens with zero attached hydrogens (tertiary/aromatic N) is 4. The van der Waals surface area contributed by atoms with E-state index in [9.17, 15) is 0 Å². The van der Waals surface area contributed by atoms with Crippen molar-refractivity contribution in [3.63, 3.8) is 0 Å². The lowest BCUT2D eigenvalue weighted by atomic mass is 10.00. The smallest absolute Gasteiger partial charge is 0.231 e. The third-order valence-corrected chi connectivity index (χ3v) is 3.82. The van der Waals surface area contributed by atoms with Crippen LogP contribution in [0.4, 0.5) is 0 Å². The Bertz CT molecular complexity index is 580. The summed E-state index contributed by atoms with van der Waals surface area (Å²) in [7, 11) is 1.93. The molecule has 1 aliphatic rings. The number of piperidine rings is 1. The predicted octanol–water partition coefficient (Wildman–Crippen LogP) is 1.55. The zero-order valence-corrected chi connectivity index (χ0v) is 11.6. The zero-order valence-electron chi connectivity index (χ0n) is 11.6. The van der Waals surface area contributed by atoms with Gasteiger partial charge in [-0.1, -0.05) is 5.16 Å². The molecule has 1 fully saturated rings. The van der Waals surface area contributed by atoms with Gasteiger partial charge in [0, 0.05) is 19.3 Å². The summed E-state index contributed by atoms with van der Waals surface area (Å²) in [5, 5.41) is 11.9. The molecule has 1 atom stereocenters. The molecule has 1 aliphatic heterocycles. The van der Waals surface area contributed by atoms with Gasteiger partial charge in [-0.25, -0.2) is 0 Å². The molecule has 1 saturated heterocycles. The van der Waals surface area contributed by atoms with E-state index in [1.165, 1.54) is 0 Å². The van der Waals surface area contributed by atoms with Crippen LogP contribution in [0.5, 0.6) is 0 Å². The first-order valence-electron chi connectivity index (χ1n) is 6.71. The Kier molecular flexibility index (Phi) is 3.10. The highest BCUT2D eigenvalue weighted by Gasteiger charge is 2.23.